The smallest absolute Gasteiger partial charge is 0.416 e. The first kappa shape index (κ1) is 15.9. The molecular formula is C17H15F3O2. The molecule has 0 amide bonds. The number of benzene rings is 2. The van der Waals surface area contributed by atoms with Crippen LogP contribution in [0.3, 0.4) is 0 Å². The molecule has 0 unspecified atom stereocenters. The fraction of sp³-hybridized carbons (Fsp3) is 0.176. The Morgan fingerprint density at radius 1 is 0.864 bits per heavy atom. The minimum atomic E-state index is -4.32. The molecule has 0 aliphatic heterocycles. The first-order valence-corrected chi connectivity index (χ1v) is 6.52. The zero-order chi connectivity index (χ0) is 16.2. The molecule has 0 N–H and O–H groups in total. The second-order valence-corrected chi connectivity index (χ2v) is 4.54. The lowest BCUT2D eigenvalue weighted by Gasteiger charge is -2.10. The van der Waals surface area contributed by atoms with Crippen molar-refractivity contribution < 1.29 is 22.6 Å². The number of halogens is 3. The highest BCUT2D eigenvalue weighted by molar-refractivity contribution is 5.74. The number of rotatable bonds is 4. The number of hydrogen-bond acceptors (Lipinski definition) is 2. The molecular weight excluding hydrogens is 293 g/mol. The third-order valence-electron chi connectivity index (χ3n) is 3.13. The Labute approximate surface area is 126 Å². The van der Waals surface area contributed by atoms with E-state index in [0.29, 0.717) is 17.1 Å². The van der Waals surface area contributed by atoms with E-state index in [9.17, 15) is 13.2 Å². The van der Waals surface area contributed by atoms with Crippen molar-refractivity contribution in [3.05, 3.63) is 59.2 Å². The van der Waals surface area contributed by atoms with Crippen LogP contribution in [0.25, 0.3) is 12.2 Å². The van der Waals surface area contributed by atoms with Crippen LogP contribution < -0.4 is 9.47 Å². The predicted molar refractivity (Wildman–Crippen MR) is 79.9 cm³/mol. The predicted octanol–water partition coefficient (Wildman–Crippen LogP) is 4.89. The number of alkyl halides is 3. The molecule has 22 heavy (non-hydrogen) atoms. The molecule has 2 aromatic carbocycles. The molecule has 0 atom stereocenters. The fourth-order valence-corrected chi connectivity index (χ4v) is 2.01. The molecule has 0 bridgehead atoms. The maximum absolute atomic E-state index is 12.5. The minimum absolute atomic E-state index is 0.577. The normalized spacial score (nSPS) is 11.7. The molecule has 0 saturated carbocycles. The van der Waals surface area contributed by atoms with Gasteiger partial charge in [-0.1, -0.05) is 36.4 Å². The maximum atomic E-state index is 12.5. The van der Waals surface area contributed by atoms with Gasteiger partial charge in [-0.25, -0.2) is 0 Å². The lowest BCUT2D eigenvalue weighted by Crippen LogP contribution is -2.03. The van der Waals surface area contributed by atoms with Gasteiger partial charge in [0.15, 0.2) is 11.5 Å². The average molecular weight is 308 g/mol. The van der Waals surface area contributed by atoms with Crippen LogP contribution in [0.5, 0.6) is 11.5 Å². The molecule has 5 heteroatoms. The first-order chi connectivity index (χ1) is 10.5. The van der Waals surface area contributed by atoms with Crippen molar-refractivity contribution >= 4 is 12.2 Å². The van der Waals surface area contributed by atoms with Gasteiger partial charge in [0.05, 0.1) is 19.8 Å². The Balaban J connectivity index is 2.26. The van der Waals surface area contributed by atoms with Crippen LogP contribution in [0.2, 0.25) is 0 Å². The zero-order valence-corrected chi connectivity index (χ0v) is 12.1. The van der Waals surface area contributed by atoms with Crippen LogP contribution in [0, 0.1) is 0 Å². The van der Waals surface area contributed by atoms with E-state index in [1.807, 2.05) is 12.1 Å². The molecule has 0 spiro atoms. The van der Waals surface area contributed by atoms with Crippen LogP contribution in [0.4, 0.5) is 13.2 Å². The summed E-state index contributed by atoms with van der Waals surface area (Å²) < 4.78 is 48.0. The van der Waals surface area contributed by atoms with Gasteiger partial charge in [0.2, 0.25) is 0 Å². The Morgan fingerprint density at radius 3 is 2.09 bits per heavy atom. The van der Waals surface area contributed by atoms with Gasteiger partial charge >= 0.3 is 6.18 Å². The molecule has 2 nitrogen and oxygen atoms in total. The number of hydrogen-bond donors (Lipinski definition) is 0. The van der Waals surface area contributed by atoms with Crippen molar-refractivity contribution in [2.24, 2.45) is 0 Å². The topological polar surface area (TPSA) is 18.5 Å². The van der Waals surface area contributed by atoms with Crippen molar-refractivity contribution in [3.8, 4) is 11.5 Å². The third kappa shape index (κ3) is 3.61. The van der Waals surface area contributed by atoms with Crippen LogP contribution in [0.1, 0.15) is 16.7 Å². The van der Waals surface area contributed by atoms with E-state index >= 15 is 0 Å². The lowest BCUT2D eigenvalue weighted by atomic mass is 10.1. The molecule has 0 radical (unpaired) electrons. The van der Waals surface area contributed by atoms with E-state index in [0.717, 1.165) is 17.7 Å². The molecule has 0 aliphatic carbocycles. The monoisotopic (exact) mass is 308 g/mol. The Bertz CT molecular complexity index is 659. The van der Waals surface area contributed by atoms with Crippen LogP contribution in [0.15, 0.2) is 42.5 Å². The highest BCUT2D eigenvalue weighted by Crippen LogP contribution is 2.32. The first-order valence-electron chi connectivity index (χ1n) is 6.52. The van der Waals surface area contributed by atoms with Gasteiger partial charge in [0.1, 0.15) is 0 Å². The van der Waals surface area contributed by atoms with Crippen molar-refractivity contribution in [2.75, 3.05) is 14.2 Å². The van der Waals surface area contributed by atoms with Crippen molar-refractivity contribution in [1.82, 2.24) is 0 Å². The van der Waals surface area contributed by atoms with Gasteiger partial charge in [-0.3, -0.25) is 0 Å². The highest BCUT2D eigenvalue weighted by Gasteiger charge is 2.29. The SMILES string of the molecule is COc1cccc(/C=C/c2ccc(C(F)(F)F)cc2)c1OC. The van der Waals surface area contributed by atoms with Gasteiger partial charge in [-0.2, -0.15) is 13.2 Å². The molecule has 0 heterocycles. The number of ether oxygens (including phenoxy) is 2. The van der Waals surface area contributed by atoms with Crippen molar-refractivity contribution in [2.45, 2.75) is 6.18 Å². The van der Waals surface area contributed by atoms with E-state index in [1.165, 1.54) is 19.2 Å². The zero-order valence-electron chi connectivity index (χ0n) is 12.1. The molecule has 0 aliphatic rings. The number of methoxy groups -OCH3 is 2. The highest BCUT2D eigenvalue weighted by atomic mass is 19.4. The largest absolute Gasteiger partial charge is 0.493 e. The summed E-state index contributed by atoms with van der Waals surface area (Å²) >= 11 is 0. The van der Waals surface area contributed by atoms with E-state index in [2.05, 4.69) is 0 Å². The fourth-order valence-electron chi connectivity index (χ4n) is 2.01. The molecule has 2 aromatic rings. The van der Waals surface area contributed by atoms with Crippen LogP contribution in [-0.2, 0) is 6.18 Å². The summed E-state index contributed by atoms with van der Waals surface area (Å²) in [6.45, 7) is 0. The van der Waals surface area contributed by atoms with Crippen LogP contribution in [-0.4, -0.2) is 14.2 Å². The second kappa shape index (κ2) is 6.56. The molecule has 0 saturated heterocycles. The number of para-hydroxylation sites is 1. The summed E-state index contributed by atoms with van der Waals surface area (Å²) in [6.07, 6.45) is -0.834. The Morgan fingerprint density at radius 2 is 1.55 bits per heavy atom. The van der Waals surface area contributed by atoms with Gasteiger partial charge in [0, 0.05) is 5.56 Å². The second-order valence-electron chi connectivity index (χ2n) is 4.54. The summed E-state index contributed by atoms with van der Waals surface area (Å²) in [7, 11) is 3.08. The van der Waals surface area contributed by atoms with E-state index < -0.39 is 11.7 Å². The van der Waals surface area contributed by atoms with Gasteiger partial charge < -0.3 is 9.47 Å². The summed E-state index contributed by atoms with van der Waals surface area (Å²) in [5, 5.41) is 0. The maximum Gasteiger partial charge on any atom is 0.416 e. The molecule has 2 rings (SSSR count). The van der Waals surface area contributed by atoms with E-state index in [-0.39, 0.29) is 0 Å². The van der Waals surface area contributed by atoms with Crippen molar-refractivity contribution in [1.29, 1.82) is 0 Å². The average Bonchev–Trinajstić information content (AvgIpc) is 2.51. The standard InChI is InChI=1S/C17H15F3O2/c1-21-15-5-3-4-13(16(15)22-2)9-6-12-7-10-14(11-8-12)17(18,19)20/h3-11H,1-2H3/b9-6+. The quantitative estimate of drug-likeness (QED) is 0.748. The lowest BCUT2D eigenvalue weighted by molar-refractivity contribution is -0.137. The van der Waals surface area contributed by atoms with Crippen LogP contribution >= 0.6 is 0 Å². The summed E-state index contributed by atoms with van der Waals surface area (Å²) in [5.41, 5.74) is 0.781. The molecule has 0 aromatic heterocycles. The third-order valence-corrected chi connectivity index (χ3v) is 3.13. The Kier molecular flexibility index (Phi) is 4.75. The van der Waals surface area contributed by atoms with Crippen molar-refractivity contribution in [3.63, 3.8) is 0 Å². The van der Waals surface area contributed by atoms with Gasteiger partial charge in [-0.15, -0.1) is 0 Å². The van der Waals surface area contributed by atoms with Gasteiger partial charge in [0.25, 0.3) is 0 Å². The summed E-state index contributed by atoms with van der Waals surface area (Å²) in [4.78, 5) is 0. The molecule has 0 fully saturated rings. The minimum Gasteiger partial charge on any atom is -0.493 e. The molecule has 116 valence electrons. The van der Waals surface area contributed by atoms with E-state index in [1.54, 1.807) is 25.3 Å². The van der Waals surface area contributed by atoms with E-state index in [4.69, 9.17) is 9.47 Å². The summed E-state index contributed by atoms with van der Waals surface area (Å²) in [6, 6.07) is 10.4. The Hall–Kier alpha value is -2.43. The van der Waals surface area contributed by atoms with Gasteiger partial charge in [-0.05, 0) is 23.8 Å². The summed E-state index contributed by atoms with van der Waals surface area (Å²) in [5.74, 6) is 1.17.